The summed E-state index contributed by atoms with van der Waals surface area (Å²) < 4.78 is 3.88. The van der Waals surface area contributed by atoms with Gasteiger partial charge in [-0.2, -0.15) is 0 Å². The number of nitrogen functional groups attached to an aromatic ring is 1. The molecule has 20 heavy (non-hydrogen) atoms. The molecule has 2 heterocycles. The molecule has 9 heteroatoms. The Morgan fingerprint density at radius 2 is 2.15 bits per heavy atom. The number of thioether (sulfide) groups is 1. The quantitative estimate of drug-likeness (QED) is 0.767. The molecule has 0 bridgehead atoms. The zero-order chi connectivity index (χ0) is 13.9. The van der Waals surface area contributed by atoms with Gasteiger partial charge in [-0.15, -0.1) is 15.3 Å². The zero-order valence-electron chi connectivity index (χ0n) is 11.4. The minimum Gasteiger partial charge on any atom is -0.368 e. The first-order valence-corrected chi connectivity index (χ1v) is 7.86. The number of aromatic nitrogens is 7. The van der Waals surface area contributed by atoms with E-state index in [2.05, 4.69) is 32.6 Å². The summed E-state index contributed by atoms with van der Waals surface area (Å²) in [7, 11) is 0. The van der Waals surface area contributed by atoms with E-state index in [0.29, 0.717) is 17.7 Å². The molecule has 8 nitrogen and oxygen atoms in total. The predicted molar refractivity (Wildman–Crippen MR) is 75.0 cm³/mol. The van der Waals surface area contributed by atoms with Crippen LogP contribution in [0.3, 0.4) is 0 Å². The Hall–Kier alpha value is -1.64. The van der Waals surface area contributed by atoms with Crippen LogP contribution in [0.4, 0.5) is 5.95 Å². The Kier molecular flexibility index (Phi) is 3.86. The van der Waals surface area contributed by atoms with Gasteiger partial charge in [0.15, 0.2) is 11.0 Å². The Labute approximate surface area is 121 Å². The van der Waals surface area contributed by atoms with Crippen LogP contribution < -0.4 is 5.73 Å². The first-order chi connectivity index (χ1) is 9.79. The van der Waals surface area contributed by atoms with Crippen LogP contribution in [0.5, 0.6) is 0 Å². The summed E-state index contributed by atoms with van der Waals surface area (Å²) in [6.07, 6.45) is 4.51. The van der Waals surface area contributed by atoms with Crippen LogP contribution in [-0.2, 0) is 12.3 Å². The van der Waals surface area contributed by atoms with Crippen molar-refractivity contribution in [3.63, 3.8) is 0 Å². The zero-order valence-corrected chi connectivity index (χ0v) is 12.3. The Bertz CT molecular complexity index is 573. The Morgan fingerprint density at radius 1 is 1.30 bits per heavy atom. The van der Waals surface area contributed by atoms with E-state index < -0.39 is 0 Å². The molecule has 0 aromatic carbocycles. The van der Waals surface area contributed by atoms with Crippen LogP contribution in [0.1, 0.15) is 44.5 Å². The van der Waals surface area contributed by atoms with Gasteiger partial charge in [0.1, 0.15) is 0 Å². The first kappa shape index (κ1) is 13.3. The van der Waals surface area contributed by atoms with E-state index in [1.807, 2.05) is 9.25 Å². The highest BCUT2D eigenvalue weighted by atomic mass is 32.2. The maximum Gasteiger partial charge on any atom is 0.222 e. The molecule has 0 atom stereocenters. The van der Waals surface area contributed by atoms with Crippen molar-refractivity contribution in [3.05, 3.63) is 5.82 Å². The number of nitrogens with zero attached hydrogens (tertiary/aromatic N) is 7. The minimum atomic E-state index is 0.476. The second-order valence-electron chi connectivity index (χ2n) is 4.90. The molecular formula is C11H18N8S. The summed E-state index contributed by atoms with van der Waals surface area (Å²) >= 11 is 1.59. The van der Waals surface area contributed by atoms with E-state index >= 15 is 0 Å². The molecule has 1 fully saturated rings. The van der Waals surface area contributed by atoms with Gasteiger partial charge < -0.3 is 5.73 Å². The second kappa shape index (κ2) is 5.78. The Balaban J connectivity index is 1.66. The SMILES string of the molecule is CCCCn1nnnc1CSc1nnc(N)n1C1CC1. The summed E-state index contributed by atoms with van der Waals surface area (Å²) in [5, 5.41) is 20.8. The average molecular weight is 294 g/mol. The number of rotatable bonds is 7. The van der Waals surface area contributed by atoms with E-state index in [1.165, 1.54) is 0 Å². The van der Waals surface area contributed by atoms with E-state index in [-0.39, 0.29) is 0 Å². The maximum absolute atomic E-state index is 5.86. The lowest BCUT2D eigenvalue weighted by molar-refractivity contribution is 0.540. The number of aryl methyl sites for hydroxylation is 1. The fourth-order valence-corrected chi connectivity index (χ4v) is 2.95. The fraction of sp³-hybridized carbons (Fsp3) is 0.727. The van der Waals surface area contributed by atoms with Crippen molar-refractivity contribution in [2.24, 2.45) is 0 Å². The highest BCUT2D eigenvalue weighted by molar-refractivity contribution is 7.98. The van der Waals surface area contributed by atoms with Crippen LogP contribution in [-0.4, -0.2) is 35.0 Å². The normalized spacial score (nSPS) is 14.8. The number of hydrogen-bond acceptors (Lipinski definition) is 7. The molecule has 1 aliphatic rings. The molecule has 0 amide bonds. The molecular weight excluding hydrogens is 276 g/mol. The summed E-state index contributed by atoms with van der Waals surface area (Å²) in [5.74, 6) is 2.05. The van der Waals surface area contributed by atoms with Gasteiger partial charge in [-0.3, -0.25) is 4.57 Å². The molecule has 3 rings (SSSR count). The largest absolute Gasteiger partial charge is 0.368 e. The number of anilines is 1. The lowest BCUT2D eigenvalue weighted by Gasteiger charge is -2.06. The number of hydrogen-bond donors (Lipinski definition) is 1. The molecule has 2 N–H and O–H groups in total. The molecule has 2 aromatic rings. The van der Waals surface area contributed by atoms with Crippen LogP contribution in [0.15, 0.2) is 5.16 Å². The van der Waals surface area contributed by atoms with Gasteiger partial charge in [-0.1, -0.05) is 25.1 Å². The van der Waals surface area contributed by atoms with Crippen molar-refractivity contribution in [3.8, 4) is 0 Å². The number of tetrazole rings is 1. The third kappa shape index (κ3) is 2.77. The first-order valence-electron chi connectivity index (χ1n) is 6.87. The van der Waals surface area contributed by atoms with Crippen molar-refractivity contribution in [1.29, 1.82) is 0 Å². The predicted octanol–water partition coefficient (Wildman–Crippen LogP) is 1.27. The highest BCUT2D eigenvalue weighted by Gasteiger charge is 2.29. The van der Waals surface area contributed by atoms with E-state index in [1.54, 1.807) is 11.8 Å². The van der Waals surface area contributed by atoms with Crippen LogP contribution in [0, 0.1) is 0 Å². The van der Waals surface area contributed by atoms with Crippen molar-refractivity contribution in [2.45, 2.75) is 56.1 Å². The molecule has 1 aliphatic carbocycles. The smallest absolute Gasteiger partial charge is 0.222 e. The monoisotopic (exact) mass is 294 g/mol. The lowest BCUT2D eigenvalue weighted by atomic mass is 10.3. The Morgan fingerprint density at radius 3 is 2.90 bits per heavy atom. The van der Waals surface area contributed by atoms with E-state index in [4.69, 9.17) is 5.73 Å². The van der Waals surface area contributed by atoms with Gasteiger partial charge in [-0.25, -0.2) is 4.68 Å². The summed E-state index contributed by atoms with van der Waals surface area (Å²) in [6, 6.07) is 0.476. The molecule has 0 unspecified atom stereocenters. The molecule has 108 valence electrons. The van der Waals surface area contributed by atoms with E-state index in [9.17, 15) is 0 Å². The topological polar surface area (TPSA) is 100 Å². The van der Waals surface area contributed by atoms with Crippen LogP contribution in [0.25, 0.3) is 0 Å². The summed E-state index contributed by atoms with van der Waals surface area (Å²) in [4.78, 5) is 0. The van der Waals surface area contributed by atoms with Crippen molar-refractivity contribution >= 4 is 17.7 Å². The fourth-order valence-electron chi connectivity index (χ4n) is 2.00. The number of unbranched alkanes of at least 4 members (excludes halogenated alkanes) is 1. The van der Waals surface area contributed by atoms with Crippen molar-refractivity contribution < 1.29 is 0 Å². The van der Waals surface area contributed by atoms with Gasteiger partial charge in [0.05, 0.1) is 5.75 Å². The van der Waals surface area contributed by atoms with Crippen molar-refractivity contribution in [1.82, 2.24) is 35.0 Å². The third-order valence-electron chi connectivity index (χ3n) is 3.26. The summed E-state index contributed by atoms with van der Waals surface area (Å²) in [5.41, 5.74) is 5.86. The molecule has 0 aliphatic heterocycles. The second-order valence-corrected chi connectivity index (χ2v) is 5.84. The standard InChI is InChI=1S/C11H18N8S/c1-2-3-6-18-9(13-16-17-18)7-20-11-15-14-10(12)19(11)8-4-5-8/h8H,2-7H2,1H3,(H2,12,14). The van der Waals surface area contributed by atoms with E-state index in [0.717, 1.165) is 43.2 Å². The lowest BCUT2D eigenvalue weighted by Crippen LogP contribution is -2.06. The molecule has 0 radical (unpaired) electrons. The van der Waals surface area contributed by atoms with Gasteiger partial charge in [0.2, 0.25) is 5.95 Å². The van der Waals surface area contributed by atoms with Crippen molar-refractivity contribution in [2.75, 3.05) is 5.73 Å². The highest BCUT2D eigenvalue weighted by Crippen LogP contribution is 2.39. The third-order valence-corrected chi connectivity index (χ3v) is 4.20. The molecule has 0 spiro atoms. The molecule has 0 saturated heterocycles. The molecule has 1 saturated carbocycles. The number of nitrogens with two attached hydrogens (primary N) is 1. The van der Waals surface area contributed by atoms with Gasteiger partial charge >= 0.3 is 0 Å². The minimum absolute atomic E-state index is 0.476. The van der Waals surface area contributed by atoms with Gasteiger partial charge in [0, 0.05) is 12.6 Å². The van der Waals surface area contributed by atoms with Crippen LogP contribution >= 0.6 is 11.8 Å². The maximum atomic E-state index is 5.86. The van der Waals surface area contributed by atoms with Crippen LogP contribution in [0.2, 0.25) is 0 Å². The van der Waals surface area contributed by atoms with Gasteiger partial charge in [-0.05, 0) is 29.7 Å². The summed E-state index contributed by atoms with van der Waals surface area (Å²) in [6.45, 7) is 3.01. The average Bonchev–Trinajstić information content (AvgIpc) is 3.07. The van der Waals surface area contributed by atoms with Gasteiger partial charge in [0.25, 0.3) is 0 Å². The molecule has 2 aromatic heterocycles.